The average Bonchev–Trinajstić information content (AvgIpc) is 2.47. The normalized spacial score (nSPS) is 12.5. The summed E-state index contributed by atoms with van der Waals surface area (Å²) in [6.45, 7) is 5.61. The SMILES string of the molecule is CCOC(CCCNCc1cccc(Cl)c1)(OCC)[P+](=O)O. The zero-order valence-electron chi connectivity index (χ0n) is 13.0. The summed E-state index contributed by atoms with van der Waals surface area (Å²) in [6.07, 6.45) is 1.03. The number of rotatable bonds is 11. The molecule has 1 unspecified atom stereocenters. The number of halogens is 1. The molecule has 1 aromatic rings. The summed E-state index contributed by atoms with van der Waals surface area (Å²) < 4.78 is 22.4. The summed E-state index contributed by atoms with van der Waals surface area (Å²) in [4.78, 5) is 9.51. The minimum Gasteiger partial charge on any atom is -0.313 e. The van der Waals surface area contributed by atoms with E-state index in [1.54, 1.807) is 13.8 Å². The van der Waals surface area contributed by atoms with Crippen LogP contribution in [0.5, 0.6) is 0 Å². The molecule has 0 radical (unpaired) electrons. The second kappa shape index (κ2) is 10.3. The van der Waals surface area contributed by atoms with Crippen LogP contribution in [0.2, 0.25) is 5.02 Å². The van der Waals surface area contributed by atoms with Gasteiger partial charge in [0.25, 0.3) is 0 Å². The van der Waals surface area contributed by atoms with Crippen LogP contribution in [0.25, 0.3) is 0 Å². The lowest BCUT2D eigenvalue weighted by Crippen LogP contribution is -2.33. The van der Waals surface area contributed by atoms with E-state index in [1.165, 1.54) is 0 Å². The number of ether oxygens (including phenoxy) is 2. The molecule has 0 amide bonds. The highest BCUT2D eigenvalue weighted by Gasteiger charge is 2.51. The van der Waals surface area contributed by atoms with Crippen LogP contribution in [0.4, 0.5) is 0 Å². The molecular weight excluding hydrogens is 325 g/mol. The van der Waals surface area contributed by atoms with E-state index in [9.17, 15) is 9.46 Å². The van der Waals surface area contributed by atoms with Crippen LogP contribution in [0.3, 0.4) is 0 Å². The Balaban J connectivity index is 2.41. The molecule has 0 saturated heterocycles. The Morgan fingerprint density at radius 1 is 1.32 bits per heavy atom. The predicted octanol–water partition coefficient (Wildman–Crippen LogP) is 3.67. The lowest BCUT2D eigenvalue weighted by Gasteiger charge is -2.20. The van der Waals surface area contributed by atoms with Gasteiger partial charge >= 0.3 is 13.6 Å². The van der Waals surface area contributed by atoms with Crippen LogP contribution in [0, 0.1) is 0 Å². The van der Waals surface area contributed by atoms with E-state index in [4.69, 9.17) is 21.1 Å². The van der Waals surface area contributed by atoms with Crippen LogP contribution in [0.15, 0.2) is 24.3 Å². The minimum atomic E-state index is -2.57. The van der Waals surface area contributed by atoms with Crippen molar-refractivity contribution in [2.75, 3.05) is 19.8 Å². The number of nitrogens with one attached hydrogen (secondary N) is 1. The van der Waals surface area contributed by atoms with Gasteiger partial charge in [0, 0.05) is 11.6 Å². The summed E-state index contributed by atoms with van der Waals surface area (Å²) in [6, 6.07) is 7.64. The van der Waals surface area contributed by atoms with E-state index in [2.05, 4.69) is 5.32 Å². The molecule has 1 atom stereocenters. The summed E-state index contributed by atoms with van der Waals surface area (Å²) in [5, 5.41) is 3.99. The Bertz CT molecular complexity index is 467. The van der Waals surface area contributed by atoms with Crippen LogP contribution in [-0.2, 0) is 20.6 Å². The molecular formula is C15H24ClNO4P+. The topological polar surface area (TPSA) is 67.8 Å². The van der Waals surface area contributed by atoms with Gasteiger partial charge < -0.3 is 14.8 Å². The molecule has 0 aliphatic heterocycles. The van der Waals surface area contributed by atoms with Crippen molar-refractivity contribution in [3.05, 3.63) is 34.9 Å². The molecule has 0 spiro atoms. The van der Waals surface area contributed by atoms with Crippen molar-refractivity contribution in [2.24, 2.45) is 0 Å². The minimum absolute atomic E-state index is 0.331. The Morgan fingerprint density at radius 2 is 2.00 bits per heavy atom. The van der Waals surface area contributed by atoms with E-state index >= 15 is 0 Å². The molecule has 2 N–H and O–H groups in total. The van der Waals surface area contributed by atoms with Gasteiger partial charge in [-0.15, -0.1) is 0 Å². The second-order valence-corrected chi connectivity index (χ2v) is 6.43. The smallest absolute Gasteiger partial charge is 0.313 e. The molecule has 124 valence electrons. The van der Waals surface area contributed by atoms with Gasteiger partial charge in [0.15, 0.2) is 0 Å². The van der Waals surface area contributed by atoms with Crippen molar-refractivity contribution in [3.8, 4) is 0 Å². The summed E-state index contributed by atoms with van der Waals surface area (Å²) in [5.41, 5.74) is -0.294. The fraction of sp³-hybridized carbons (Fsp3) is 0.600. The second-order valence-electron chi connectivity index (χ2n) is 4.76. The number of benzene rings is 1. The van der Waals surface area contributed by atoms with Gasteiger partial charge in [-0.25, -0.2) is 0 Å². The highest BCUT2D eigenvalue weighted by atomic mass is 35.5. The van der Waals surface area contributed by atoms with Crippen LogP contribution >= 0.6 is 19.6 Å². The lowest BCUT2D eigenvalue weighted by molar-refractivity contribution is -0.180. The van der Waals surface area contributed by atoms with Gasteiger partial charge in [0.05, 0.1) is 19.6 Å². The molecule has 7 heteroatoms. The highest BCUT2D eigenvalue weighted by Crippen LogP contribution is 2.41. The first-order chi connectivity index (χ1) is 10.5. The molecule has 0 saturated carbocycles. The largest absolute Gasteiger partial charge is 0.573 e. The van der Waals surface area contributed by atoms with Crippen molar-refractivity contribution in [3.63, 3.8) is 0 Å². The van der Waals surface area contributed by atoms with Gasteiger partial charge in [0.2, 0.25) is 0 Å². The maximum atomic E-state index is 11.6. The number of hydrogen-bond acceptors (Lipinski definition) is 4. The van der Waals surface area contributed by atoms with Gasteiger partial charge in [-0.05, 0) is 49.1 Å². The Morgan fingerprint density at radius 3 is 2.55 bits per heavy atom. The van der Waals surface area contributed by atoms with Gasteiger partial charge in [-0.1, -0.05) is 23.7 Å². The van der Waals surface area contributed by atoms with E-state index in [0.717, 1.165) is 5.56 Å². The van der Waals surface area contributed by atoms with Crippen molar-refractivity contribution >= 4 is 19.6 Å². The van der Waals surface area contributed by atoms with Gasteiger partial charge in [0.1, 0.15) is 0 Å². The molecule has 0 aliphatic rings. The Hall–Kier alpha value is -0.550. The van der Waals surface area contributed by atoms with E-state index in [-0.39, 0.29) is 0 Å². The number of hydrogen-bond donors (Lipinski definition) is 2. The third kappa shape index (κ3) is 6.29. The van der Waals surface area contributed by atoms with Crippen molar-refractivity contribution in [2.45, 2.75) is 38.8 Å². The quantitative estimate of drug-likeness (QED) is 0.363. The predicted molar refractivity (Wildman–Crippen MR) is 88.2 cm³/mol. The standard InChI is InChI=1S/C15H23ClNO4P/c1-3-20-15(21-4-2,22(18)19)9-6-10-17-12-13-7-5-8-14(16)11-13/h5,7-8,11,17H,3-4,6,9-10,12H2,1-2H3/p+1. The van der Waals surface area contributed by atoms with E-state index in [1.807, 2.05) is 24.3 Å². The van der Waals surface area contributed by atoms with Crippen molar-refractivity contribution in [1.29, 1.82) is 0 Å². The summed E-state index contributed by atoms with van der Waals surface area (Å²) in [7, 11) is -2.57. The Kier molecular flexibility index (Phi) is 9.10. The third-order valence-electron chi connectivity index (χ3n) is 3.10. The third-order valence-corrected chi connectivity index (χ3v) is 4.40. The fourth-order valence-corrected chi connectivity index (χ4v) is 3.20. The average molecular weight is 349 g/mol. The zero-order chi connectivity index (χ0) is 16.4. The molecule has 0 bridgehead atoms. The van der Waals surface area contributed by atoms with Gasteiger partial charge in [-0.3, -0.25) is 0 Å². The van der Waals surface area contributed by atoms with Gasteiger partial charge in [-0.2, -0.15) is 4.89 Å². The fourth-order valence-electron chi connectivity index (χ4n) is 2.16. The van der Waals surface area contributed by atoms with E-state index < -0.39 is 13.6 Å². The van der Waals surface area contributed by atoms with Crippen LogP contribution in [0.1, 0.15) is 32.3 Å². The zero-order valence-corrected chi connectivity index (χ0v) is 14.7. The molecule has 0 fully saturated rings. The lowest BCUT2D eigenvalue weighted by atomic mass is 10.2. The summed E-state index contributed by atoms with van der Waals surface area (Å²) >= 11 is 5.93. The van der Waals surface area contributed by atoms with Crippen molar-refractivity contribution < 1.29 is 18.9 Å². The first-order valence-corrected chi connectivity index (χ1v) is 9.02. The summed E-state index contributed by atoms with van der Waals surface area (Å²) in [5.74, 6) is 0. The first kappa shape index (κ1) is 19.5. The molecule has 22 heavy (non-hydrogen) atoms. The first-order valence-electron chi connectivity index (χ1n) is 7.43. The molecule has 0 aromatic heterocycles. The van der Waals surface area contributed by atoms with Crippen molar-refractivity contribution in [1.82, 2.24) is 5.32 Å². The van der Waals surface area contributed by atoms with Crippen LogP contribution < -0.4 is 5.32 Å². The monoisotopic (exact) mass is 348 g/mol. The molecule has 0 heterocycles. The highest BCUT2D eigenvalue weighted by molar-refractivity contribution is 7.39. The molecule has 5 nitrogen and oxygen atoms in total. The van der Waals surface area contributed by atoms with E-state index in [0.29, 0.717) is 44.2 Å². The molecule has 1 aromatic carbocycles. The Labute approximate surface area is 137 Å². The molecule has 1 rings (SSSR count). The maximum absolute atomic E-state index is 11.6. The maximum Gasteiger partial charge on any atom is 0.573 e. The molecule has 0 aliphatic carbocycles. The van der Waals surface area contributed by atoms with Crippen LogP contribution in [-0.4, -0.2) is 30.2 Å².